The Morgan fingerprint density at radius 1 is 1.38 bits per heavy atom. The van der Waals surface area contributed by atoms with Crippen LogP contribution in [-0.4, -0.2) is 25.9 Å². The summed E-state index contributed by atoms with van der Waals surface area (Å²) in [6.45, 7) is 5.01. The van der Waals surface area contributed by atoms with E-state index in [1.165, 1.54) is 12.0 Å². The van der Waals surface area contributed by atoms with Crippen LogP contribution in [0.2, 0.25) is 0 Å². The van der Waals surface area contributed by atoms with Gasteiger partial charge in [0.2, 0.25) is 0 Å². The van der Waals surface area contributed by atoms with Gasteiger partial charge >= 0.3 is 0 Å². The lowest BCUT2D eigenvalue weighted by molar-refractivity contribution is -0.0111. The van der Waals surface area contributed by atoms with Crippen LogP contribution in [0.25, 0.3) is 0 Å². The van der Waals surface area contributed by atoms with Gasteiger partial charge in [-0.1, -0.05) is 22.9 Å². The minimum Gasteiger partial charge on any atom is -0.490 e. The van der Waals surface area contributed by atoms with Crippen LogP contribution in [0.4, 0.5) is 0 Å². The first-order valence-corrected chi connectivity index (χ1v) is 8.84. The van der Waals surface area contributed by atoms with Gasteiger partial charge in [0.05, 0.1) is 6.61 Å². The SMILES string of the molecule is CCCNC1CC(C2CCCOC2)Oc2ccc(Br)cc21. The molecule has 1 saturated heterocycles. The van der Waals surface area contributed by atoms with Crippen LogP contribution in [0.15, 0.2) is 22.7 Å². The Bertz CT molecular complexity index is 474. The van der Waals surface area contributed by atoms with Crippen LogP contribution in [0.1, 0.15) is 44.2 Å². The smallest absolute Gasteiger partial charge is 0.124 e. The standard InChI is InChI=1S/C17H24BrNO2/c1-2-7-19-15-10-17(12-4-3-8-20-11-12)21-16-6-5-13(18)9-14(15)16/h5-6,9,12,15,17,19H,2-4,7-8,10-11H2,1H3. The lowest BCUT2D eigenvalue weighted by Crippen LogP contribution is -2.40. The highest BCUT2D eigenvalue weighted by molar-refractivity contribution is 9.10. The Kier molecular flexibility index (Phi) is 5.19. The number of nitrogens with one attached hydrogen (secondary N) is 1. The molecule has 2 heterocycles. The van der Waals surface area contributed by atoms with Crippen LogP contribution in [0.5, 0.6) is 5.75 Å². The maximum absolute atomic E-state index is 6.30. The molecule has 4 heteroatoms. The van der Waals surface area contributed by atoms with Gasteiger partial charge in [0, 0.05) is 35.0 Å². The molecule has 3 atom stereocenters. The normalized spacial score (nSPS) is 28.8. The van der Waals surface area contributed by atoms with Crippen LogP contribution >= 0.6 is 15.9 Å². The molecule has 0 spiro atoms. The highest BCUT2D eigenvalue weighted by Gasteiger charge is 2.34. The molecule has 0 bridgehead atoms. The minimum absolute atomic E-state index is 0.272. The van der Waals surface area contributed by atoms with Crippen molar-refractivity contribution in [2.45, 2.75) is 44.8 Å². The first kappa shape index (κ1) is 15.3. The summed E-state index contributed by atoms with van der Waals surface area (Å²) < 4.78 is 13.1. The molecule has 2 aliphatic rings. The molecular weight excluding hydrogens is 330 g/mol. The van der Waals surface area contributed by atoms with Crippen LogP contribution in [0, 0.1) is 5.92 Å². The number of hydrogen-bond donors (Lipinski definition) is 1. The van der Waals surface area contributed by atoms with Gasteiger partial charge in [0.15, 0.2) is 0 Å². The van der Waals surface area contributed by atoms with Crippen molar-refractivity contribution < 1.29 is 9.47 Å². The first-order valence-electron chi connectivity index (χ1n) is 8.05. The largest absolute Gasteiger partial charge is 0.490 e. The van der Waals surface area contributed by atoms with Crippen molar-refractivity contribution in [1.29, 1.82) is 0 Å². The average molecular weight is 354 g/mol. The summed E-state index contributed by atoms with van der Waals surface area (Å²) in [7, 11) is 0. The van der Waals surface area contributed by atoms with Crippen molar-refractivity contribution >= 4 is 15.9 Å². The predicted octanol–water partition coefficient (Wildman–Crippen LogP) is 4.07. The van der Waals surface area contributed by atoms with Crippen molar-refractivity contribution in [3.63, 3.8) is 0 Å². The van der Waals surface area contributed by atoms with E-state index in [9.17, 15) is 0 Å². The number of halogens is 1. The molecule has 0 amide bonds. The van der Waals surface area contributed by atoms with E-state index in [2.05, 4.69) is 46.4 Å². The zero-order valence-electron chi connectivity index (χ0n) is 12.6. The van der Waals surface area contributed by atoms with E-state index in [-0.39, 0.29) is 6.10 Å². The number of rotatable bonds is 4. The monoisotopic (exact) mass is 353 g/mol. The molecule has 1 aromatic rings. The van der Waals surface area contributed by atoms with Gasteiger partial charge in [-0.3, -0.25) is 0 Å². The van der Waals surface area contributed by atoms with Gasteiger partial charge in [0.25, 0.3) is 0 Å². The van der Waals surface area contributed by atoms with E-state index < -0.39 is 0 Å². The second-order valence-corrected chi connectivity index (χ2v) is 6.97. The van der Waals surface area contributed by atoms with E-state index in [0.717, 1.165) is 49.2 Å². The summed E-state index contributed by atoms with van der Waals surface area (Å²) in [5.41, 5.74) is 1.28. The third-order valence-electron chi connectivity index (χ3n) is 4.46. The van der Waals surface area contributed by atoms with Crippen LogP contribution in [-0.2, 0) is 4.74 Å². The lowest BCUT2D eigenvalue weighted by atomic mass is 9.87. The van der Waals surface area contributed by atoms with Crippen molar-refractivity contribution in [3.8, 4) is 5.75 Å². The number of fused-ring (bicyclic) bond motifs is 1. The van der Waals surface area contributed by atoms with Crippen LogP contribution < -0.4 is 10.1 Å². The molecule has 0 aromatic heterocycles. The maximum atomic E-state index is 6.30. The molecule has 3 unspecified atom stereocenters. The fourth-order valence-corrected chi connectivity index (χ4v) is 3.71. The zero-order chi connectivity index (χ0) is 14.7. The highest BCUT2D eigenvalue weighted by atomic mass is 79.9. The number of ether oxygens (including phenoxy) is 2. The lowest BCUT2D eigenvalue weighted by Gasteiger charge is -2.38. The van der Waals surface area contributed by atoms with Gasteiger partial charge in [0.1, 0.15) is 11.9 Å². The molecule has 1 fully saturated rings. The molecule has 3 nitrogen and oxygen atoms in total. The van der Waals surface area contributed by atoms with Crippen molar-refractivity contribution in [1.82, 2.24) is 5.32 Å². The molecule has 1 N–H and O–H groups in total. The molecule has 1 aromatic carbocycles. The zero-order valence-corrected chi connectivity index (χ0v) is 14.2. The summed E-state index contributed by atoms with van der Waals surface area (Å²) in [5.74, 6) is 1.56. The van der Waals surface area contributed by atoms with Gasteiger partial charge in [-0.05, 0) is 44.0 Å². The van der Waals surface area contributed by atoms with Crippen molar-refractivity contribution in [2.75, 3.05) is 19.8 Å². The van der Waals surface area contributed by atoms with Gasteiger partial charge in [-0.25, -0.2) is 0 Å². The highest BCUT2D eigenvalue weighted by Crippen LogP contribution is 2.39. The maximum Gasteiger partial charge on any atom is 0.124 e. The van der Waals surface area contributed by atoms with E-state index in [4.69, 9.17) is 9.47 Å². The molecule has 0 radical (unpaired) electrons. The van der Waals surface area contributed by atoms with Gasteiger partial charge < -0.3 is 14.8 Å². The fraction of sp³-hybridized carbons (Fsp3) is 0.647. The van der Waals surface area contributed by atoms with Crippen LogP contribution in [0.3, 0.4) is 0 Å². The fourth-order valence-electron chi connectivity index (χ4n) is 3.33. The second-order valence-electron chi connectivity index (χ2n) is 6.06. The third-order valence-corrected chi connectivity index (χ3v) is 4.95. The number of hydrogen-bond acceptors (Lipinski definition) is 3. The average Bonchev–Trinajstić information content (AvgIpc) is 2.53. The predicted molar refractivity (Wildman–Crippen MR) is 87.8 cm³/mol. The molecule has 21 heavy (non-hydrogen) atoms. The summed E-state index contributed by atoms with van der Waals surface area (Å²) >= 11 is 3.57. The molecule has 2 aliphatic heterocycles. The summed E-state index contributed by atoms with van der Waals surface area (Å²) in [6.07, 6.45) is 4.84. The third kappa shape index (κ3) is 3.61. The molecule has 3 rings (SSSR count). The molecule has 116 valence electrons. The van der Waals surface area contributed by atoms with E-state index in [1.807, 2.05) is 0 Å². The molecular formula is C17H24BrNO2. The van der Waals surface area contributed by atoms with Gasteiger partial charge in [-0.15, -0.1) is 0 Å². The quantitative estimate of drug-likeness (QED) is 0.884. The topological polar surface area (TPSA) is 30.5 Å². The van der Waals surface area contributed by atoms with Gasteiger partial charge in [-0.2, -0.15) is 0 Å². The minimum atomic E-state index is 0.272. The van der Waals surface area contributed by atoms with Crippen molar-refractivity contribution in [3.05, 3.63) is 28.2 Å². The van der Waals surface area contributed by atoms with E-state index in [0.29, 0.717) is 12.0 Å². The Labute approximate surface area is 135 Å². The first-order chi connectivity index (χ1) is 10.3. The summed E-state index contributed by atoms with van der Waals surface area (Å²) in [4.78, 5) is 0. The van der Waals surface area contributed by atoms with Crippen molar-refractivity contribution in [2.24, 2.45) is 5.92 Å². The molecule has 0 aliphatic carbocycles. The Hall–Kier alpha value is -0.580. The Morgan fingerprint density at radius 3 is 3.05 bits per heavy atom. The summed E-state index contributed by atoms with van der Waals surface area (Å²) in [6, 6.07) is 6.74. The second kappa shape index (κ2) is 7.12. The Balaban J connectivity index is 1.80. The number of benzene rings is 1. The Morgan fingerprint density at radius 2 is 2.29 bits per heavy atom. The van der Waals surface area contributed by atoms with E-state index >= 15 is 0 Å². The molecule has 0 saturated carbocycles. The summed E-state index contributed by atoms with van der Waals surface area (Å²) in [5, 5.41) is 3.68. The van der Waals surface area contributed by atoms with E-state index in [1.54, 1.807) is 0 Å².